The standard InChI is InChI=1S/C19H26NSi/c1-20(15-21(2,3)4)14-17-12-8-9-13-18(17)19(20)16-10-6-5-7-11-16/h5-13,19H,14-15H2,1-4H3/q+1/t19-,20+/m1/s1. The van der Waals surface area contributed by atoms with Crippen LogP contribution < -0.4 is 0 Å². The van der Waals surface area contributed by atoms with Gasteiger partial charge < -0.3 is 4.48 Å². The first-order chi connectivity index (χ1) is 9.89. The third-order valence-electron chi connectivity index (χ3n) is 4.46. The summed E-state index contributed by atoms with van der Waals surface area (Å²) in [7, 11) is 1.32. The third kappa shape index (κ3) is 2.83. The summed E-state index contributed by atoms with van der Waals surface area (Å²) in [6.45, 7) is 8.63. The van der Waals surface area contributed by atoms with Crippen molar-refractivity contribution in [1.82, 2.24) is 0 Å². The van der Waals surface area contributed by atoms with Gasteiger partial charge in [-0.05, 0) is 0 Å². The molecule has 0 aliphatic carbocycles. The number of hydrogen-bond donors (Lipinski definition) is 0. The van der Waals surface area contributed by atoms with Crippen LogP contribution in [0.15, 0.2) is 54.6 Å². The predicted octanol–water partition coefficient (Wildman–Crippen LogP) is 4.61. The van der Waals surface area contributed by atoms with Gasteiger partial charge in [-0.15, -0.1) is 0 Å². The highest BCUT2D eigenvalue weighted by molar-refractivity contribution is 6.76. The Hall–Kier alpha value is -1.38. The highest BCUT2D eigenvalue weighted by Gasteiger charge is 2.45. The number of benzene rings is 2. The third-order valence-corrected chi connectivity index (χ3v) is 6.13. The molecule has 1 heterocycles. The first kappa shape index (κ1) is 14.5. The Labute approximate surface area is 129 Å². The summed E-state index contributed by atoms with van der Waals surface area (Å²) in [6.07, 6.45) is 1.32. The maximum absolute atomic E-state index is 2.49. The summed E-state index contributed by atoms with van der Waals surface area (Å²) in [4.78, 5) is 0. The van der Waals surface area contributed by atoms with Crippen LogP contribution >= 0.6 is 0 Å². The maximum atomic E-state index is 2.49. The van der Waals surface area contributed by atoms with E-state index in [1.165, 1.54) is 29.4 Å². The molecule has 0 N–H and O–H groups in total. The molecule has 2 aromatic carbocycles. The number of nitrogens with zero attached hydrogens (tertiary/aromatic N) is 1. The van der Waals surface area contributed by atoms with E-state index >= 15 is 0 Å². The fourth-order valence-electron chi connectivity index (χ4n) is 4.17. The van der Waals surface area contributed by atoms with Gasteiger partial charge >= 0.3 is 0 Å². The summed E-state index contributed by atoms with van der Waals surface area (Å²) in [5.41, 5.74) is 4.53. The summed E-state index contributed by atoms with van der Waals surface area (Å²) >= 11 is 0. The normalized spacial score (nSPS) is 24.9. The molecule has 1 aliphatic rings. The van der Waals surface area contributed by atoms with Crippen molar-refractivity contribution in [3.05, 3.63) is 71.3 Å². The van der Waals surface area contributed by atoms with Crippen LogP contribution in [0.4, 0.5) is 0 Å². The van der Waals surface area contributed by atoms with Gasteiger partial charge in [0.1, 0.15) is 20.7 Å². The molecule has 0 unspecified atom stereocenters. The smallest absolute Gasteiger partial charge is 0.141 e. The number of rotatable bonds is 3. The molecule has 3 rings (SSSR count). The Kier molecular flexibility index (Phi) is 3.54. The zero-order valence-electron chi connectivity index (χ0n) is 13.6. The van der Waals surface area contributed by atoms with Crippen LogP contribution in [0.3, 0.4) is 0 Å². The Morgan fingerprint density at radius 2 is 1.57 bits per heavy atom. The van der Waals surface area contributed by atoms with Crippen molar-refractivity contribution in [3.8, 4) is 0 Å². The minimum atomic E-state index is -1.14. The average Bonchev–Trinajstić information content (AvgIpc) is 2.68. The highest BCUT2D eigenvalue weighted by atomic mass is 28.3. The Morgan fingerprint density at radius 3 is 2.24 bits per heavy atom. The molecular formula is C19H26NSi+. The van der Waals surface area contributed by atoms with E-state index in [1.54, 1.807) is 0 Å². The second-order valence-electron chi connectivity index (χ2n) is 7.87. The van der Waals surface area contributed by atoms with Gasteiger partial charge in [0.2, 0.25) is 0 Å². The first-order valence-corrected chi connectivity index (χ1v) is 11.6. The molecule has 0 radical (unpaired) electrons. The quantitative estimate of drug-likeness (QED) is 0.573. The van der Waals surface area contributed by atoms with Gasteiger partial charge in [-0.2, -0.15) is 0 Å². The van der Waals surface area contributed by atoms with Crippen molar-refractivity contribution < 1.29 is 4.48 Å². The molecule has 0 saturated carbocycles. The van der Waals surface area contributed by atoms with E-state index in [9.17, 15) is 0 Å². The second kappa shape index (κ2) is 5.11. The lowest BCUT2D eigenvalue weighted by Crippen LogP contribution is -2.52. The van der Waals surface area contributed by atoms with Gasteiger partial charge in [-0.25, -0.2) is 0 Å². The molecule has 0 fully saturated rings. The van der Waals surface area contributed by atoms with E-state index in [2.05, 4.69) is 81.3 Å². The molecule has 2 aromatic rings. The first-order valence-electron chi connectivity index (χ1n) is 7.86. The molecule has 21 heavy (non-hydrogen) atoms. The van der Waals surface area contributed by atoms with Crippen LogP contribution in [-0.4, -0.2) is 25.8 Å². The molecule has 1 aliphatic heterocycles. The van der Waals surface area contributed by atoms with Gasteiger partial charge in [-0.1, -0.05) is 74.2 Å². The Balaban J connectivity index is 2.10. The van der Waals surface area contributed by atoms with E-state index in [-0.39, 0.29) is 0 Å². The average molecular weight is 297 g/mol. The van der Waals surface area contributed by atoms with Gasteiger partial charge in [0.05, 0.1) is 13.2 Å². The maximum Gasteiger partial charge on any atom is 0.141 e. The van der Waals surface area contributed by atoms with Crippen molar-refractivity contribution >= 4 is 8.07 Å². The Morgan fingerprint density at radius 1 is 0.952 bits per heavy atom. The van der Waals surface area contributed by atoms with Crippen molar-refractivity contribution in [2.24, 2.45) is 0 Å². The van der Waals surface area contributed by atoms with Crippen LogP contribution in [0.25, 0.3) is 0 Å². The fraction of sp³-hybridized carbons (Fsp3) is 0.368. The molecule has 0 amide bonds. The SMILES string of the molecule is C[N@@+]1(C[Si](C)(C)C)Cc2ccccc2[C@H]1c1ccccc1. The topological polar surface area (TPSA) is 0 Å². The lowest BCUT2D eigenvalue weighted by Gasteiger charge is -2.40. The van der Waals surface area contributed by atoms with Crippen LogP contribution in [0.1, 0.15) is 22.7 Å². The van der Waals surface area contributed by atoms with Crippen LogP contribution in [0.2, 0.25) is 19.6 Å². The van der Waals surface area contributed by atoms with Crippen LogP contribution in [0, 0.1) is 0 Å². The van der Waals surface area contributed by atoms with Crippen LogP contribution in [-0.2, 0) is 6.54 Å². The van der Waals surface area contributed by atoms with Crippen molar-refractivity contribution in [1.29, 1.82) is 0 Å². The predicted molar refractivity (Wildman–Crippen MR) is 92.8 cm³/mol. The van der Waals surface area contributed by atoms with Gasteiger partial charge in [-0.3, -0.25) is 0 Å². The molecule has 0 spiro atoms. The molecule has 0 aromatic heterocycles. The molecule has 2 atom stereocenters. The summed E-state index contributed by atoms with van der Waals surface area (Å²) in [5, 5.41) is 0. The van der Waals surface area contributed by atoms with E-state index < -0.39 is 8.07 Å². The van der Waals surface area contributed by atoms with Crippen LogP contribution in [0.5, 0.6) is 0 Å². The number of fused-ring (bicyclic) bond motifs is 1. The zero-order chi connectivity index (χ0) is 15.1. The van der Waals surface area contributed by atoms with E-state index in [4.69, 9.17) is 0 Å². The van der Waals surface area contributed by atoms with E-state index in [0.29, 0.717) is 6.04 Å². The lowest BCUT2D eigenvalue weighted by molar-refractivity contribution is -0.930. The van der Waals surface area contributed by atoms with Crippen molar-refractivity contribution in [3.63, 3.8) is 0 Å². The van der Waals surface area contributed by atoms with E-state index in [0.717, 1.165) is 4.48 Å². The van der Waals surface area contributed by atoms with Gasteiger partial charge in [0.15, 0.2) is 0 Å². The zero-order valence-corrected chi connectivity index (χ0v) is 14.6. The minimum absolute atomic E-state index is 0.495. The van der Waals surface area contributed by atoms with Gasteiger partial charge in [0, 0.05) is 16.7 Å². The van der Waals surface area contributed by atoms with E-state index in [1.807, 2.05) is 0 Å². The Bertz CT molecular complexity index is 630. The molecule has 2 heteroatoms. The fourth-order valence-corrected chi connectivity index (χ4v) is 6.63. The monoisotopic (exact) mass is 296 g/mol. The molecule has 0 bridgehead atoms. The molecule has 0 saturated heterocycles. The minimum Gasteiger partial charge on any atom is -0.316 e. The highest BCUT2D eigenvalue weighted by Crippen LogP contribution is 2.43. The van der Waals surface area contributed by atoms with Gasteiger partial charge in [0.25, 0.3) is 0 Å². The number of quaternary nitrogens is 1. The lowest BCUT2D eigenvalue weighted by atomic mass is 9.97. The van der Waals surface area contributed by atoms with Crippen molar-refractivity contribution in [2.75, 3.05) is 13.2 Å². The second-order valence-corrected chi connectivity index (χ2v) is 13.3. The number of hydrogen-bond acceptors (Lipinski definition) is 0. The summed E-state index contributed by atoms with van der Waals surface area (Å²) < 4.78 is 1.14. The summed E-state index contributed by atoms with van der Waals surface area (Å²) in [6, 6.07) is 20.6. The molecule has 1 nitrogen and oxygen atoms in total. The van der Waals surface area contributed by atoms with Crippen molar-refractivity contribution in [2.45, 2.75) is 32.2 Å². The molecular weight excluding hydrogens is 270 g/mol. The largest absolute Gasteiger partial charge is 0.316 e. The molecule has 110 valence electrons. The summed E-state index contributed by atoms with van der Waals surface area (Å²) in [5.74, 6) is 0.